The molecule has 16 heavy (non-hydrogen) atoms. The van der Waals surface area contributed by atoms with Crippen LogP contribution in [0, 0.1) is 0 Å². The van der Waals surface area contributed by atoms with Gasteiger partial charge in [0.2, 0.25) is 0 Å². The van der Waals surface area contributed by atoms with Gasteiger partial charge < -0.3 is 9.47 Å². The van der Waals surface area contributed by atoms with Crippen LogP contribution in [-0.4, -0.2) is 18.7 Å². The lowest BCUT2D eigenvalue weighted by atomic mass is 10.1. The highest BCUT2D eigenvalue weighted by atomic mass is 79.9. The molecule has 0 unspecified atom stereocenters. The number of carbonyl (C=O) groups is 1. The molecule has 0 atom stereocenters. The van der Waals surface area contributed by atoms with Crippen LogP contribution >= 0.6 is 15.9 Å². The third-order valence-electron chi connectivity index (χ3n) is 1.80. The van der Waals surface area contributed by atoms with E-state index in [0.717, 1.165) is 0 Å². The van der Waals surface area contributed by atoms with E-state index < -0.39 is 11.6 Å². The van der Waals surface area contributed by atoms with Crippen LogP contribution in [0.4, 0.5) is 0 Å². The largest absolute Gasteiger partial charge is 0.496 e. The van der Waals surface area contributed by atoms with Crippen molar-refractivity contribution in [3.05, 3.63) is 28.2 Å². The zero-order valence-electron chi connectivity index (χ0n) is 9.83. The van der Waals surface area contributed by atoms with Crippen LogP contribution < -0.4 is 4.74 Å². The number of halogens is 1. The van der Waals surface area contributed by atoms with Gasteiger partial charge in [0.25, 0.3) is 0 Å². The second-order valence-electron chi connectivity index (χ2n) is 4.32. The lowest BCUT2D eigenvalue weighted by Crippen LogP contribution is -2.24. The molecule has 4 heteroatoms. The first kappa shape index (κ1) is 13.0. The van der Waals surface area contributed by atoms with Crippen molar-refractivity contribution in [2.24, 2.45) is 0 Å². The Hall–Kier alpha value is -1.03. The zero-order valence-corrected chi connectivity index (χ0v) is 11.4. The average molecular weight is 287 g/mol. The number of ether oxygens (including phenoxy) is 2. The average Bonchev–Trinajstić information content (AvgIpc) is 2.14. The number of carbonyl (C=O) groups excluding carboxylic acids is 1. The van der Waals surface area contributed by atoms with Gasteiger partial charge >= 0.3 is 5.97 Å². The number of rotatable bonds is 2. The van der Waals surface area contributed by atoms with Gasteiger partial charge in [0.15, 0.2) is 0 Å². The predicted molar refractivity (Wildman–Crippen MR) is 65.9 cm³/mol. The fraction of sp³-hybridized carbons (Fsp3) is 0.417. The molecule has 1 aromatic rings. The topological polar surface area (TPSA) is 35.5 Å². The molecule has 0 N–H and O–H groups in total. The van der Waals surface area contributed by atoms with Crippen molar-refractivity contribution < 1.29 is 14.3 Å². The molecule has 0 heterocycles. The second-order valence-corrected chi connectivity index (χ2v) is 5.17. The fourth-order valence-corrected chi connectivity index (χ4v) is 1.71. The Bertz CT molecular complexity index is 394. The Morgan fingerprint density at radius 1 is 1.31 bits per heavy atom. The zero-order chi connectivity index (χ0) is 12.3. The Labute approximate surface area is 104 Å². The summed E-state index contributed by atoms with van der Waals surface area (Å²) >= 11 is 3.32. The highest BCUT2D eigenvalue weighted by Crippen LogP contribution is 2.28. The molecule has 1 rings (SSSR count). The van der Waals surface area contributed by atoms with Crippen molar-refractivity contribution in [2.45, 2.75) is 26.4 Å². The third-order valence-corrected chi connectivity index (χ3v) is 2.46. The quantitative estimate of drug-likeness (QED) is 0.782. The maximum atomic E-state index is 11.9. The van der Waals surface area contributed by atoms with Crippen LogP contribution in [0.2, 0.25) is 0 Å². The highest BCUT2D eigenvalue weighted by molar-refractivity contribution is 9.10. The smallest absolute Gasteiger partial charge is 0.343 e. The lowest BCUT2D eigenvalue weighted by molar-refractivity contribution is 0.00655. The van der Waals surface area contributed by atoms with E-state index in [1.54, 1.807) is 18.2 Å². The van der Waals surface area contributed by atoms with Gasteiger partial charge in [0.05, 0.1) is 7.11 Å². The van der Waals surface area contributed by atoms with E-state index in [-0.39, 0.29) is 0 Å². The Morgan fingerprint density at radius 2 is 1.94 bits per heavy atom. The summed E-state index contributed by atoms with van der Waals surface area (Å²) < 4.78 is 11.1. The Balaban J connectivity index is 3.08. The normalized spacial score (nSPS) is 11.1. The third kappa shape index (κ3) is 3.23. The number of hydrogen-bond acceptors (Lipinski definition) is 3. The van der Waals surface area contributed by atoms with Crippen molar-refractivity contribution >= 4 is 21.9 Å². The summed E-state index contributed by atoms with van der Waals surface area (Å²) in [5.74, 6) is 0.112. The van der Waals surface area contributed by atoms with E-state index in [1.165, 1.54) is 7.11 Å². The molecule has 0 aliphatic carbocycles. The van der Waals surface area contributed by atoms with Crippen LogP contribution in [0.5, 0.6) is 5.75 Å². The van der Waals surface area contributed by atoms with Gasteiger partial charge in [-0.1, -0.05) is 6.07 Å². The molecular weight excluding hydrogens is 272 g/mol. The standard InChI is InChI=1S/C12H15BrO3/c1-12(2,3)16-11(14)10-8(13)6-5-7-9(10)15-4/h5-7H,1-4H3. The predicted octanol–water partition coefficient (Wildman–Crippen LogP) is 3.41. The van der Waals surface area contributed by atoms with E-state index in [4.69, 9.17) is 9.47 Å². The monoisotopic (exact) mass is 286 g/mol. The molecule has 0 fully saturated rings. The van der Waals surface area contributed by atoms with Gasteiger partial charge in [-0.25, -0.2) is 4.79 Å². The van der Waals surface area contributed by atoms with E-state index in [0.29, 0.717) is 15.8 Å². The van der Waals surface area contributed by atoms with Crippen molar-refractivity contribution in [1.82, 2.24) is 0 Å². The van der Waals surface area contributed by atoms with Gasteiger partial charge in [0, 0.05) is 4.47 Å². The Morgan fingerprint density at radius 3 is 2.44 bits per heavy atom. The van der Waals surface area contributed by atoms with Gasteiger partial charge in [-0.3, -0.25) is 0 Å². The van der Waals surface area contributed by atoms with Gasteiger partial charge in [-0.15, -0.1) is 0 Å². The molecule has 0 spiro atoms. The van der Waals surface area contributed by atoms with E-state index in [9.17, 15) is 4.79 Å². The highest BCUT2D eigenvalue weighted by Gasteiger charge is 2.22. The molecule has 0 saturated heterocycles. The summed E-state index contributed by atoms with van der Waals surface area (Å²) in [4.78, 5) is 11.9. The number of methoxy groups -OCH3 is 1. The van der Waals surface area contributed by atoms with E-state index in [1.807, 2.05) is 20.8 Å². The molecule has 0 aromatic heterocycles. The maximum Gasteiger partial charge on any atom is 0.343 e. The summed E-state index contributed by atoms with van der Waals surface area (Å²) in [6.07, 6.45) is 0. The minimum Gasteiger partial charge on any atom is -0.496 e. The van der Waals surface area contributed by atoms with Crippen LogP contribution in [0.1, 0.15) is 31.1 Å². The summed E-state index contributed by atoms with van der Waals surface area (Å²) in [7, 11) is 1.52. The first-order valence-corrected chi connectivity index (χ1v) is 5.70. The minimum atomic E-state index is -0.516. The number of esters is 1. The molecule has 0 bridgehead atoms. The molecule has 0 saturated carbocycles. The minimum absolute atomic E-state index is 0.392. The molecule has 88 valence electrons. The first-order chi connectivity index (χ1) is 7.35. The molecule has 0 aliphatic rings. The molecule has 3 nitrogen and oxygen atoms in total. The van der Waals surface area contributed by atoms with Crippen molar-refractivity contribution in [3.63, 3.8) is 0 Å². The van der Waals surface area contributed by atoms with Gasteiger partial charge in [-0.2, -0.15) is 0 Å². The van der Waals surface area contributed by atoms with E-state index in [2.05, 4.69) is 15.9 Å². The molecule has 0 aliphatic heterocycles. The van der Waals surface area contributed by atoms with Gasteiger partial charge in [-0.05, 0) is 48.8 Å². The summed E-state index contributed by atoms with van der Waals surface area (Å²) in [5, 5.41) is 0. The lowest BCUT2D eigenvalue weighted by Gasteiger charge is -2.20. The van der Waals surface area contributed by atoms with Crippen molar-refractivity contribution in [2.75, 3.05) is 7.11 Å². The SMILES string of the molecule is COc1cccc(Br)c1C(=O)OC(C)(C)C. The summed E-state index contributed by atoms with van der Waals surface area (Å²) in [6, 6.07) is 5.31. The molecule has 0 radical (unpaired) electrons. The second kappa shape index (κ2) is 4.87. The van der Waals surface area contributed by atoms with Gasteiger partial charge in [0.1, 0.15) is 16.9 Å². The molecule has 1 aromatic carbocycles. The Kier molecular flexibility index (Phi) is 3.97. The molecule has 0 amide bonds. The van der Waals surface area contributed by atoms with Crippen molar-refractivity contribution in [1.29, 1.82) is 0 Å². The van der Waals surface area contributed by atoms with Crippen LogP contribution in [0.25, 0.3) is 0 Å². The summed E-state index contributed by atoms with van der Waals surface area (Å²) in [5.41, 5.74) is -0.0999. The first-order valence-electron chi connectivity index (χ1n) is 4.91. The number of hydrogen-bond donors (Lipinski definition) is 0. The van der Waals surface area contributed by atoms with E-state index >= 15 is 0 Å². The number of benzene rings is 1. The van der Waals surface area contributed by atoms with Crippen LogP contribution in [0.15, 0.2) is 22.7 Å². The van der Waals surface area contributed by atoms with Crippen molar-refractivity contribution in [3.8, 4) is 5.75 Å². The summed E-state index contributed by atoms with van der Waals surface area (Å²) in [6.45, 7) is 5.48. The van der Waals surface area contributed by atoms with Crippen LogP contribution in [0.3, 0.4) is 0 Å². The fourth-order valence-electron chi connectivity index (χ4n) is 1.20. The molecular formula is C12H15BrO3. The van der Waals surface area contributed by atoms with Crippen LogP contribution in [-0.2, 0) is 4.74 Å². The maximum absolute atomic E-state index is 11.9.